The van der Waals surface area contributed by atoms with Crippen LogP contribution in [0.15, 0.2) is 51.8 Å². The maximum absolute atomic E-state index is 13.4. The summed E-state index contributed by atoms with van der Waals surface area (Å²) in [6.07, 6.45) is 0.344. The standard InChI is InChI=1S/C25H27N5O4S/c1-14-27-23(29-34-14)17-5-3-4-15(10-17)19(13-30-9-8-18(31)12-30)22(24(32)26-2)16-6-7-21-20(11-16)28-25(33)35-21/h3-7,10-11,18-19,22,31H,8-9,12-13H2,1-2H3,(H,26,32)(H,28,33)/t18-,19+,22?/m0/s1. The van der Waals surface area contributed by atoms with E-state index in [4.69, 9.17) is 4.52 Å². The SMILES string of the molecule is CNC(=O)C(c1ccc2sc(=O)[nH]c2c1)[C@H](CN1CC[C@H](O)C1)c1cccc(-c2noc(C)n2)c1. The zero-order valence-corrected chi connectivity index (χ0v) is 20.3. The summed E-state index contributed by atoms with van der Waals surface area (Å²) in [6.45, 7) is 3.66. The van der Waals surface area contributed by atoms with Crippen LogP contribution in [-0.2, 0) is 4.79 Å². The Balaban J connectivity index is 1.60. The molecule has 0 bridgehead atoms. The number of nitrogens with one attached hydrogen (secondary N) is 2. The molecule has 1 aliphatic rings. The third kappa shape index (κ3) is 4.90. The van der Waals surface area contributed by atoms with Crippen LogP contribution in [0.25, 0.3) is 21.6 Å². The Morgan fingerprint density at radius 1 is 1.31 bits per heavy atom. The molecule has 0 radical (unpaired) electrons. The van der Waals surface area contributed by atoms with Gasteiger partial charge < -0.3 is 24.8 Å². The first-order chi connectivity index (χ1) is 16.9. The Bertz CT molecular complexity index is 1410. The summed E-state index contributed by atoms with van der Waals surface area (Å²) in [5.41, 5.74) is 3.30. The van der Waals surface area contributed by atoms with Gasteiger partial charge in [-0.05, 0) is 35.7 Å². The van der Waals surface area contributed by atoms with Crippen LogP contribution in [0, 0.1) is 6.92 Å². The number of nitrogens with zero attached hydrogens (tertiary/aromatic N) is 3. The molecule has 10 heteroatoms. The lowest BCUT2D eigenvalue weighted by Gasteiger charge is -2.31. The highest BCUT2D eigenvalue weighted by Gasteiger charge is 2.34. The molecule has 0 aliphatic carbocycles. The van der Waals surface area contributed by atoms with Gasteiger partial charge in [0, 0.05) is 45.1 Å². The lowest BCUT2D eigenvalue weighted by Crippen LogP contribution is -2.36. The fourth-order valence-corrected chi connectivity index (χ4v) is 5.59. The van der Waals surface area contributed by atoms with Gasteiger partial charge in [0.1, 0.15) is 0 Å². The maximum atomic E-state index is 13.4. The molecule has 1 fully saturated rings. The maximum Gasteiger partial charge on any atom is 0.305 e. The fraction of sp³-hybridized carbons (Fsp3) is 0.360. The molecule has 1 amide bonds. The van der Waals surface area contributed by atoms with Gasteiger partial charge in [-0.3, -0.25) is 9.59 Å². The highest BCUT2D eigenvalue weighted by Crippen LogP contribution is 2.37. The fourth-order valence-electron chi connectivity index (χ4n) is 4.87. The first-order valence-corrected chi connectivity index (χ1v) is 12.4. The zero-order valence-electron chi connectivity index (χ0n) is 19.5. The molecule has 2 aromatic heterocycles. The van der Waals surface area contributed by atoms with Gasteiger partial charge in [0.2, 0.25) is 17.6 Å². The first-order valence-electron chi connectivity index (χ1n) is 11.6. The van der Waals surface area contributed by atoms with E-state index in [-0.39, 0.29) is 22.8 Å². The molecule has 5 rings (SSSR count). The van der Waals surface area contributed by atoms with Crippen molar-refractivity contribution in [2.75, 3.05) is 26.7 Å². The van der Waals surface area contributed by atoms with Crippen LogP contribution in [0.3, 0.4) is 0 Å². The van der Waals surface area contributed by atoms with Gasteiger partial charge in [-0.25, -0.2) is 0 Å². The third-order valence-corrected chi connectivity index (χ3v) is 7.40. The number of hydrogen-bond donors (Lipinski definition) is 3. The Labute approximate surface area is 205 Å². The van der Waals surface area contributed by atoms with Gasteiger partial charge in [0.15, 0.2) is 0 Å². The van der Waals surface area contributed by atoms with E-state index in [0.29, 0.717) is 31.2 Å². The summed E-state index contributed by atoms with van der Waals surface area (Å²) in [5.74, 6) is 0.110. The Hall–Kier alpha value is -3.34. The molecule has 2 aromatic carbocycles. The largest absolute Gasteiger partial charge is 0.392 e. The molecule has 3 atom stereocenters. The average molecular weight is 494 g/mol. The molecule has 1 saturated heterocycles. The number of aromatic amines is 1. The smallest absolute Gasteiger partial charge is 0.305 e. The van der Waals surface area contributed by atoms with E-state index in [9.17, 15) is 14.7 Å². The number of aliphatic hydroxyl groups is 1. The van der Waals surface area contributed by atoms with Crippen LogP contribution in [0.1, 0.15) is 35.3 Å². The number of aliphatic hydroxyl groups excluding tert-OH is 1. The van der Waals surface area contributed by atoms with E-state index >= 15 is 0 Å². The molecule has 3 heterocycles. The Morgan fingerprint density at radius 3 is 2.89 bits per heavy atom. The predicted octanol–water partition coefficient (Wildman–Crippen LogP) is 2.63. The number of thiazole rings is 1. The van der Waals surface area contributed by atoms with Gasteiger partial charge in [-0.15, -0.1) is 0 Å². The van der Waals surface area contributed by atoms with Crippen molar-refractivity contribution in [2.45, 2.75) is 31.3 Å². The molecule has 0 saturated carbocycles. The van der Waals surface area contributed by atoms with Crippen molar-refractivity contribution in [1.82, 2.24) is 25.3 Å². The molecule has 1 aliphatic heterocycles. The van der Waals surface area contributed by atoms with E-state index in [2.05, 4.69) is 25.3 Å². The number of H-pyrrole nitrogens is 1. The molecule has 182 valence electrons. The number of aromatic nitrogens is 3. The predicted molar refractivity (Wildman–Crippen MR) is 134 cm³/mol. The number of likely N-dealkylation sites (N-methyl/N-ethyl adjacent to an activating group) is 1. The number of fused-ring (bicyclic) bond motifs is 1. The van der Waals surface area contributed by atoms with Crippen molar-refractivity contribution in [2.24, 2.45) is 0 Å². The van der Waals surface area contributed by atoms with Crippen molar-refractivity contribution >= 4 is 27.5 Å². The van der Waals surface area contributed by atoms with E-state index in [1.807, 2.05) is 42.5 Å². The highest BCUT2D eigenvalue weighted by molar-refractivity contribution is 7.16. The van der Waals surface area contributed by atoms with Gasteiger partial charge >= 0.3 is 4.87 Å². The van der Waals surface area contributed by atoms with Crippen LogP contribution in [-0.4, -0.2) is 63.8 Å². The quantitative estimate of drug-likeness (QED) is 0.361. The van der Waals surface area contributed by atoms with Crippen molar-refractivity contribution in [3.8, 4) is 11.4 Å². The number of rotatable bonds is 7. The number of carbonyl (C=O) groups excluding carboxylic acids is 1. The zero-order chi connectivity index (χ0) is 24.5. The molecule has 35 heavy (non-hydrogen) atoms. The van der Waals surface area contributed by atoms with Crippen molar-refractivity contribution < 1.29 is 14.4 Å². The van der Waals surface area contributed by atoms with E-state index in [0.717, 1.165) is 44.8 Å². The molecule has 4 aromatic rings. The average Bonchev–Trinajstić information content (AvgIpc) is 3.57. The van der Waals surface area contributed by atoms with Crippen LogP contribution in [0.4, 0.5) is 0 Å². The molecule has 9 nitrogen and oxygen atoms in total. The minimum Gasteiger partial charge on any atom is -0.392 e. The van der Waals surface area contributed by atoms with Crippen LogP contribution in [0.5, 0.6) is 0 Å². The summed E-state index contributed by atoms with van der Waals surface area (Å²) in [5, 5.41) is 17.0. The van der Waals surface area contributed by atoms with Crippen molar-refractivity contribution in [3.05, 3.63) is 69.1 Å². The highest BCUT2D eigenvalue weighted by atomic mass is 32.1. The number of aryl methyl sites for hydroxylation is 1. The molecule has 1 unspecified atom stereocenters. The van der Waals surface area contributed by atoms with Crippen LogP contribution in [0.2, 0.25) is 0 Å². The Morgan fingerprint density at radius 2 is 2.17 bits per heavy atom. The monoisotopic (exact) mass is 493 g/mol. The number of likely N-dealkylation sites (tertiary alicyclic amines) is 1. The topological polar surface area (TPSA) is 124 Å². The summed E-state index contributed by atoms with van der Waals surface area (Å²) in [4.78, 5) is 34.5. The minimum atomic E-state index is -0.521. The van der Waals surface area contributed by atoms with Crippen LogP contribution < -0.4 is 10.2 Å². The normalized spacial score (nSPS) is 18.1. The lowest BCUT2D eigenvalue weighted by atomic mass is 9.79. The van der Waals surface area contributed by atoms with Crippen molar-refractivity contribution in [1.29, 1.82) is 0 Å². The van der Waals surface area contributed by atoms with E-state index < -0.39 is 5.92 Å². The lowest BCUT2D eigenvalue weighted by molar-refractivity contribution is -0.122. The first kappa shape index (κ1) is 23.4. The van der Waals surface area contributed by atoms with Gasteiger partial charge in [0.05, 0.1) is 22.2 Å². The summed E-state index contributed by atoms with van der Waals surface area (Å²) < 4.78 is 6.01. The molecular weight excluding hydrogens is 466 g/mol. The van der Waals surface area contributed by atoms with E-state index in [1.54, 1.807) is 14.0 Å². The van der Waals surface area contributed by atoms with Crippen LogP contribution >= 0.6 is 11.3 Å². The number of benzene rings is 2. The summed E-state index contributed by atoms with van der Waals surface area (Å²) >= 11 is 1.15. The number of hydrogen-bond acceptors (Lipinski definition) is 8. The van der Waals surface area contributed by atoms with E-state index in [1.165, 1.54) is 0 Å². The van der Waals surface area contributed by atoms with Gasteiger partial charge in [-0.2, -0.15) is 4.98 Å². The van der Waals surface area contributed by atoms with Gasteiger partial charge in [0.25, 0.3) is 0 Å². The molecular formula is C25H27N5O4S. The molecule has 3 N–H and O–H groups in total. The Kier molecular flexibility index (Phi) is 6.50. The number of carbonyl (C=O) groups is 1. The van der Waals surface area contributed by atoms with Crippen molar-refractivity contribution in [3.63, 3.8) is 0 Å². The summed E-state index contributed by atoms with van der Waals surface area (Å²) in [7, 11) is 1.63. The number of β-amino-alcohol motifs (C(OH)–C–C–N with tert-alkyl or cyclic N) is 1. The second-order valence-electron chi connectivity index (χ2n) is 8.93. The second kappa shape index (κ2) is 9.73. The second-order valence-corrected chi connectivity index (χ2v) is 9.95. The summed E-state index contributed by atoms with van der Waals surface area (Å²) in [6, 6.07) is 13.6. The minimum absolute atomic E-state index is 0.118. The third-order valence-electron chi connectivity index (χ3n) is 6.54. The molecule has 0 spiro atoms. The number of amides is 1. The van der Waals surface area contributed by atoms with Gasteiger partial charge in [-0.1, -0.05) is 40.8 Å².